The van der Waals surface area contributed by atoms with Gasteiger partial charge in [-0.2, -0.15) is 10.5 Å². The van der Waals surface area contributed by atoms with Gasteiger partial charge in [0, 0.05) is 25.0 Å². The molecule has 1 fully saturated rings. The van der Waals surface area contributed by atoms with Gasteiger partial charge in [-0.25, -0.2) is 4.99 Å². The number of nitrogens with zero attached hydrogens (tertiary/aromatic N) is 3. The molecule has 1 aliphatic heterocycles. The van der Waals surface area contributed by atoms with Gasteiger partial charge in [-0.1, -0.05) is 12.1 Å². The number of ether oxygens (including phenoxy) is 2. The molecule has 1 saturated carbocycles. The number of aliphatic imine (C=N–C) groups is 1. The van der Waals surface area contributed by atoms with Crippen molar-refractivity contribution < 1.29 is 9.47 Å². The van der Waals surface area contributed by atoms with Crippen molar-refractivity contribution in [3.63, 3.8) is 0 Å². The van der Waals surface area contributed by atoms with E-state index in [1.54, 1.807) is 11.8 Å². The van der Waals surface area contributed by atoms with Crippen molar-refractivity contribution in [2.24, 2.45) is 21.6 Å². The molecule has 1 aromatic rings. The average molecular weight is 328 g/mol. The molecule has 0 bridgehead atoms. The van der Waals surface area contributed by atoms with Gasteiger partial charge in [-0.05, 0) is 24.0 Å². The van der Waals surface area contributed by atoms with Crippen LogP contribution >= 0.6 is 11.8 Å². The third kappa shape index (κ3) is 1.52. The zero-order valence-electron chi connectivity index (χ0n) is 13.0. The van der Waals surface area contributed by atoms with Crippen LogP contribution in [-0.2, 0) is 9.47 Å². The molecule has 3 rings (SSSR count). The van der Waals surface area contributed by atoms with Gasteiger partial charge in [-0.3, -0.25) is 0 Å². The lowest BCUT2D eigenvalue weighted by Crippen LogP contribution is -2.41. The standard InChI is InChI=1S/C16H16N4O2S/c1-21-16(22-2)15(9-18)12(14(15,8-17)13(19)20-16)10-4-6-11(23-3)7-5-10/h4-7,12H,1-3H3,(H2,19,20)/t12-,14+,15+/m0/s1. The van der Waals surface area contributed by atoms with Crippen LogP contribution in [0.4, 0.5) is 0 Å². The van der Waals surface area contributed by atoms with E-state index in [0.717, 1.165) is 10.5 Å². The molecule has 0 amide bonds. The number of hydrogen-bond acceptors (Lipinski definition) is 7. The van der Waals surface area contributed by atoms with E-state index in [1.165, 1.54) is 14.2 Å². The first-order valence-electron chi connectivity index (χ1n) is 6.96. The molecule has 2 N–H and O–H groups in total. The lowest BCUT2D eigenvalue weighted by atomic mass is 9.93. The first-order valence-corrected chi connectivity index (χ1v) is 8.18. The van der Waals surface area contributed by atoms with E-state index in [-0.39, 0.29) is 5.84 Å². The predicted octanol–water partition coefficient (Wildman–Crippen LogP) is 1.84. The molecule has 6 nitrogen and oxygen atoms in total. The van der Waals surface area contributed by atoms with E-state index < -0.39 is 22.7 Å². The highest BCUT2D eigenvalue weighted by molar-refractivity contribution is 7.98. The molecule has 118 valence electrons. The van der Waals surface area contributed by atoms with Gasteiger partial charge in [0.1, 0.15) is 11.3 Å². The van der Waals surface area contributed by atoms with E-state index in [9.17, 15) is 10.5 Å². The minimum atomic E-state index is -1.57. The van der Waals surface area contributed by atoms with Crippen molar-refractivity contribution in [3.8, 4) is 12.1 Å². The molecule has 1 aromatic carbocycles. The lowest BCUT2D eigenvalue weighted by Gasteiger charge is -2.29. The van der Waals surface area contributed by atoms with Crippen molar-refractivity contribution in [1.29, 1.82) is 10.5 Å². The van der Waals surface area contributed by atoms with Gasteiger partial charge in [-0.15, -0.1) is 11.8 Å². The smallest absolute Gasteiger partial charge is 0.292 e. The zero-order chi connectivity index (χ0) is 16.9. The summed E-state index contributed by atoms with van der Waals surface area (Å²) >= 11 is 1.62. The van der Waals surface area contributed by atoms with Crippen molar-refractivity contribution >= 4 is 17.6 Å². The van der Waals surface area contributed by atoms with E-state index in [4.69, 9.17) is 15.2 Å². The molecule has 0 radical (unpaired) electrons. The third-order valence-electron chi connectivity index (χ3n) is 4.93. The highest BCUT2D eigenvalue weighted by Crippen LogP contribution is 2.81. The van der Waals surface area contributed by atoms with Crippen LogP contribution in [0.5, 0.6) is 0 Å². The molecule has 0 saturated heterocycles. The van der Waals surface area contributed by atoms with E-state index in [0.29, 0.717) is 0 Å². The number of rotatable bonds is 4. The van der Waals surface area contributed by atoms with Crippen LogP contribution in [0.15, 0.2) is 34.2 Å². The van der Waals surface area contributed by atoms with Gasteiger partial charge in [0.15, 0.2) is 5.41 Å². The Morgan fingerprint density at radius 3 is 2.22 bits per heavy atom. The summed E-state index contributed by atoms with van der Waals surface area (Å²) in [5.74, 6) is -1.92. The fraction of sp³-hybridized carbons (Fsp3) is 0.438. The molecular formula is C16H16N4O2S. The summed E-state index contributed by atoms with van der Waals surface area (Å²) in [6, 6.07) is 12.2. The Morgan fingerprint density at radius 1 is 1.17 bits per heavy atom. The van der Waals surface area contributed by atoms with Crippen molar-refractivity contribution in [3.05, 3.63) is 29.8 Å². The topological polar surface area (TPSA) is 104 Å². The molecular weight excluding hydrogens is 312 g/mol. The quantitative estimate of drug-likeness (QED) is 0.668. The third-order valence-corrected chi connectivity index (χ3v) is 5.67. The second kappa shape index (κ2) is 4.97. The summed E-state index contributed by atoms with van der Waals surface area (Å²) in [4.78, 5) is 5.28. The number of benzene rings is 1. The Kier molecular flexibility index (Phi) is 3.42. The molecule has 0 spiro atoms. The maximum atomic E-state index is 9.92. The minimum Gasteiger partial charge on any atom is -0.386 e. The van der Waals surface area contributed by atoms with Crippen LogP contribution in [0.1, 0.15) is 11.5 Å². The number of hydrogen-bond donors (Lipinski definition) is 1. The first kappa shape index (κ1) is 15.8. The highest BCUT2D eigenvalue weighted by atomic mass is 32.2. The number of nitrogens with two attached hydrogens (primary N) is 1. The normalized spacial score (nSPS) is 33.3. The first-order chi connectivity index (χ1) is 11.0. The monoisotopic (exact) mass is 328 g/mol. The van der Waals surface area contributed by atoms with Crippen LogP contribution in [0.25, 0.3) is 0 Å². The second-order valence-electron chi connectivity index (χ2n) is 5.53. The largest absolute Gasteiger partial charge is 0.386 e. The number of thioether (sulfide) groups is 1. The van der Waals surface area contributed by atoms with Crippen LogP contribution in [0.3, 0.4) is 0 Å². The molecule has 1 heterocycles. The van der Waals surface area contributed by atoms with Gasteiger partial charge in [0.05, 0.1) is 12.1 Å². The van der Waals surface area contributed by atoms with Gasteiger partial charge in [0.2, 0.25) is 0 Å². The predicted molar refractivity (Wildman–Crippen MR) is 85.4 cm³/mol. The SMILES string of the molecule is COC1(OC)N=C(N)[C@@]2(C#N)[C@H](c3ccc(SC)cc3)[C@@]12C#N. The van der Waals surface area contributed by atoms with Crippen LogP contribution in [0, 0.1) is 33.5 Å². The maximum Gasteiger partial charge on any atom is 0.292 e. The van der Waals surface area contributed by atoms with Crippen molar-refractivity contribution in [2.75, 3.05) is 20.5 Å². The Hall–Kier alpha value is -2.06. The summed E-state index contributed by atoms with van der Waals surface area (Å²) in [6.45, 7) is 0. The molecule has 7 heteroatoms. The molecule has 3 atom stereocenters. The number of fused-ring (bicyclic) bond motifs is 1. The number of nitriles is 2. The van der Waals surface area contributed by atoms with Crippen LogP contribution < -0.4 is 5.73 Å². The summed E-state index contributed by atoms with van der Waals surface area (Å²) < 4.78 is 10.8. The van der Waals surface area contributed by atoms with E-state index in [2.05, 4.69) is 17.1 Å². The Morgan fingerprint density at radius 2 is 1.78 bits per heavy atom. The fourth-order valence-electron chi connectivity index (χ4n) is 3.82. The highest BCUT2D eigenvalue weighted by Gasteiger charge is 2.93. The number of methoxy groups -OCH3 is 2. The zero-order valence-corrected chi connectivity index (χ0v) is 13.8. The molecule has 0 aromatic heterocycles. The number of amidine groups is 1. The molecule has 23 heavy (non-hydrogen) atoms. The summed E-state index contributed by atoms with van der Waals surface area (Å²) in [7, 11) is 2.80. The van der Waals surface area contributed by atoms with Gasteiger partial charge in [0.25, 0.3) is 5.91 Å². The maximum absolute atomic E-state index is 9.92. The lowest BCUT2D eigenvalue weighted by molar-refractivity contribution is -0.230. The van der Waals surface area contributed by atoms with Gasteiger partial charge < -0.3 is 15.2 Å². The fourth-order valence-corrected chi connectivity index (χ4v) is 4.23. The Balaban J connectivity index is 2.18. The van der Waals surface area contributed by atoms with E-state index >= 15 is 0 Å². The Bertz CT molecular complexity index is 760. The summed E-state index contributed by atoms with van der Waals surface area (Å²) in [5, 5.41) is 19.7. The average Bonchev–Trinajstić information content (AvgIpc) is 3.17. The van der Waals surface area contributed by atoms with Crippen molar-refractivity contribution in [1.82, 2.24) is 0 Å². The molecule has 1 aliphatic carbocycles. The summed E-state index contributed by atoms with van der Waals surface area (Å²) in [6.07, 6.45) is 1.99. The Labute approximate surface area is 138 Å². The van der Waals surface area contributed by atoms with E-state index in [1.807, 2.05) is 30.5 Å². The van der Waals surface area contributed by atoms with Crippen molar-refractivity contribution in [2.45, 2.75) is 16.7 Å². The van der Waals surface area contributed by atoms with Gasteiger partial charge >= 0.3 is 0 Å². The molecule has 0 unspecified atom stereocenters. The van der Waals surface area contributed by atoms with Crippen LogP contribution in [0.2, 0.25) is 0 Å². The molecule has 2 aliphatic rings. The second-order valence-corrected chi connectivity index (χ2v) is 6.41. The minimum absolute atomic E-state index is 0.0872. The van der Waals surface area contributed by atoms with Crippen LogP contribution in [-0.4, -0.2) is 32.2 Å². The summed E-state index contributed by atoms with van der Waals surface area (Å²) in [5.41, 5.74) is 4.38.